The summed E-state index contributed by atoms with van der Waals surface area (Å²) in [4.78, 5) is 43.6. The molecule has 2 aromatic heterocycles. The Balaban J connectivity index is 1.24. The van der Waals surface area contributed by atoms with Gasteiger partial charge in [-0.1, -0.05) is 30.3 Å². The van der Waals surface area contributed by atoms with Crippen LogP contribution in [0, 0.1) is 23.2 Å². The summed E-state index contributed by atoms with van der Waals surface area (Å²) in [5.41, 5.74) is 0.420. The van der Waals surface area contributed by atoms with Crippen LogP contribution in [0.3, 0.4) is 0 Å². The van der Waals surface area contributed by atoms with Crippen molar-refractivity contribution in [3.63, 3.8) is 0 Å². The van der Waals surface area contributed by atoms with E-state index in [-0.39, 0.29) is 25.4 Å². The fourth-order valence-electron chi connectivity index (χ4n) is 6.39. The molecule has 2 aliphatic carbocycles. The zero-order chi connectivity index (χ0) is 31.1. The summed E-state index contributed by atoms with van der Waals surface area (Å²) in [5, 5.41) is 9.60. The van der Waals surface area contributed by atoms with Crippen LogP contribution in [0.5, 0.6) is 0 Å². The maximum absolute atomic E-state index is 13.3. The van der Waals surface area contributed by atoms with Crippen LogP contribution in [0.2, 0.25) is 0 Å². The van der Waals surface area contributed by atoms with E-state index in [0.29, 0.717) is 28.9 Å². The topological polar surface area (TPSA) is 124 Å². The molecule has 13 heteroatoms. The van der Waals surface area contributed by atoms with Crippen molar-refractivity contribution >= 4 is 23.6 Å². The average molecular weight is 614 g/mol. The van der Waals surface area contributed by atoms with E-state index in [1.807, 2.05) is 35.6 Å². The number of esters is 1. The molecule has 2 saturated carbocycles. The minimum atomic E-state index is -4.63. The molecule has 0 bridgehead atoms. The van der Waals surface area contributed by atoms with Crippen LogP contribution in [-0.2, 0) is 32.1 Å². The minimum absolute atomic E-state index is 0.131. The first kappa shape index (κ1) is 29.9. The van der Waals surface area contributed by atoms with Crippen molar-refractivity contribution in [2.45, 2.75) is 69.8 Å². The number of alkyl halides is 3. The Morgan fingerprint density at radius 1 is 1.09 bits per heavy atom. The number of fused-ring (bicyclic) bond motifs is 1. The fraction of sp³-hybridized carbons (Fsp3) is 0.516. The highest BCUT2D eigenvalue weighted by molar-refractivity contribution is 6.03. The van der Waals surface area contributed by atoms with E-state index in [0.717, 1.165) is 38.4 Å². The van der Waals surface area contributed by atoms with Crippen LogP contribution >= 0.6 is 0 Å². The van der Waals surface area contributed by atoms with E-state index in [1.165, 1.54) is 4.52 Å². The van der Waals surface area contributed by atoms with Crippen molar-refractivity contribution in [3.05, 3.63) is 65.6 Å². The molecule has 1 aromatic carbocycles. The summed E-state index contributed by atoms with van der Waals surface area (Å²) < 4.78 is 51.8. The van der Waals surface area contributed by atoms with Crippen LogP contribution < -0.4 is 10.6 Å². The second kappa shape index (κ2) is 11.7. The van der Waals surface area contributed by atoms with Gasteiger partial charge in [-0.25, -0.2) is 14.3 Å². The molecule has 3 aromatic rings. The third kappa shape index (κ3) is 6.22. The van der Waals surface area contributed by atoms with Crippen molar-refractivity contribution in [3.8, 4) is 0 Å². The lowest BCUT2D eigenvalue weighted by atomic mass is 9.74. The number of imidazole rings is 1. The fourth-order valence-corrected chi connectivity index (χ4v) is 6.39. The van der Waals surface area contributed by atoms with E-state index < -0.39 is 48.1 Å². The van der Waals surface area contributed by atoms with Crippen molar-refractivity contribution in [1.29, 1.82) is 0 Å². The second-order valence-electron chi connectivity index (χ2n) is 12.1. The van der Waals surface area contributed by atoms with Crippen molar-refractivity contribution in [1.82, 2.24) is 25.2 Å². The smallest absolute Gasteiger partial charge is 0.408 e. The molecule has 2 N–H and O–H groups in total. The van der Waals surface area contributed by atoms with E-state index in [2.05, 4.69) is 10.4 Å². The molecule has 234 valence electrons. The third-order valence-electron chi connectivity index (χ3n) is 8.97. The van der Waals surface area contributed by atoms with Gasteiger partial charge in [0.05, 0.1) is 30.7 Å². The Labute approximate surface area is 251 Å². The molecule has 1 aliphatic heterocycles. The van der Waals surface area contributed by atoms with Crippen molar-refractivity contribution in [2.24, 2.45) is 23.2 Å². The lowest BCUT2D eigenvalue weighted by Crippen LogP contribution is -2.59. The molecule has 2 unspecified atom stereocenters. The highest BCUT2D eigenvalue weighted by Gasteiger charge is 2.55. The molecule has 2 amide bonds. The van der Waals surface area contributed by atoms with Crippen LogP contribution in [0.25, 0.3) is 5.65 Å². The Bertz CT molecular complexity index is 1530. The summed E-state index contributed by atoms with van der Waals surface area (Å²) >= 11 is 0. The zero-order valence-corrected chi connectivity index (χ0v) is 24.2. The van der Waals surface area contributed by atoms with Gasteiger partial charge in [-0.15, -0.1) is 0 Å². The number of aromatic nitrogens is 3. The molecule has 10 nitrogen and oxygen atoms in total. The van der Waals surface area contributed by atoms with E-state index in [9.17, 15) is 27.6 Å². The highest BCUT2D eigenvalue weighted by Crippen LogP contribution is 2.54. The maximum atomic E-state index is 13.3. The quantitative estimate of drug-likeness (QED) is 0.252. The Kier molecular flexibility index (Phi) is 7.97. The van der Waals surface area contributed by atoms with Gasteiger partial charge in [0.15, 0.2) is 11.1 Å². The van der Waals surface area contributed by atoms with Gasteiger partial charge >= 0.3 is 18.2 Å². The van der Waals surface area contributed by atoms with Gasteiger partial charge in [-0.3, -0.25) is 9.59 Å². The Hall–Kier alpha value is -4.16. The number of benzene rings is 1. The van der Waals surface area contributed by atoms with Crippen molar-refractivity contribution < 1.29 is 37.0 Å². The lowest BCUT2D eigenvalue weighted by Gasteiger charge is -2.37. The van der Waals surface area contributed by atoms with Crippen LogP contribution in [0.1, 0.15) is 61.5 Å². The van der Waals surface area contributed by atoms with Gasteiger partial charge in [-0.2, -0.15) is 18.3 Å². The van der Waals surface area contributed by atoms with Crippen LogP contribution in [-0.4, -0.2) is 51.9 Å². The highest BCUT2D eigenvalue weighted by atomic mass is 19.4. The molecule has 44 heavy (non-hydrogen) atoms. The summed E-state index contributed by atoms with van der Waals surface area (Å²) in [6, 6.07) is 10.2. The number of hydrogen-bond acceptors (Lipinski definition) is 7. The first-order valence-corrected chi connectivity index (χ1v) is 14.9. The van der Waals surface area contributed by atoms with Crippen LogP contribution in [0.4, 0.5) is 18.0 Å². The summed E-state index contributed by atoms with van der Waals surface area (Å²) in [6.45, 7) is 0.131. The number of piperidine rings is 1. The predicted molar refractivity (Wildman–Crippen MR) is 150 cm³/mol. The number of ether oxygens (including phenoxy) is 2. The summed E-state index contributed by atoms with van der Waals surface area (Å²) in [7, 11) is 1.10. The number of rotatable bonds is 10. The van der Waals surface area contributed by atoms with Gasteiger partial charge in [-0.05, 0) is 74.0 Å². The number of methoxy groups -OCH3 is 1. The SMILES string of the molecule is COC(=O)C1(Cc2ccc3nc([C@@H](NC(=O)OCc4ccccc4)C(C4CC4)C4CC4)cn3n2)CCC(C(F)(F)F)NC1=O. The molecule has 1 saturated heterocycles. The molecular weight excluding hydrogens is 579 g/mol. The summed E-state index contributed by atoms with van der Waals surface area (Å²) in [6.07, 6.45) is -0.171. The van der Waals surface area contributed by atoms with Gasteiger partial charge in [0, 0.05) is 6.42 Å². The Morgan fingerprint density at radius 2 is 1.80 bits per heavy atom. The predicted octanol–water partition coefficient (Wildman–Crippen LogP) is 4.68. The maximum Gasteiger partial charge on any atom is 0.408 e. The number of halogens is 3. The van der Waals surface area contributed by atoms with Gasteiger partial charge in [0.1, 0.15) is 12.6 Å². The number of nitrogens with zero attached hydrogens (tertiary/aromatic N) is 3. The monoisotopic (exact) mass is 613 g/mol. The van der Waals surface area contributed by atoms with E-state index in [1.54, 1.807) is 18.3 Å². The number of hydrogen-bond donors (Lipinski definition) is 2. The van der Waals surface area contributed by atoms with Gasteiger partial charge < -0.3 is 20.1 Å². The third-order valence-corrected chi connectivity index (χ3v) is 8.97. The number of carbonyl (C=O) groups is 3. The molecule has 0 spiro atoms. The van der Waals surface area contributed by atoms with Crippen LogP contribution in [0.15, 0.2) is 48.7 Å². The molecule has 3 atom stereocenters. The number of alkyl carbamates (subject to hydrolysis) is 1. The first-order chi connectivity index (χ1) is 21.1. The molecule has 3 heterocycles. The number of carbonyl (C=O) groups excluding carboxylic acids is 3. The minimum Gasteiger partial charge on any atom is -0.468 e. The molecule has 3 aliphatic rings. The molecule has 6 rings (SSSR count). The second-order valence-corrected chi connectivity index (χ2v) is 12.1. The Morgan fingerprint density at radius 3 is 2.41 bits per heavy atom. The standard InChI is InChI=1S/C31H34F3N5O5/c1-43-28(41)30(14-13-23(31(32,33)34)36-27(30)40)15-21-11-12-24-35-22(16-39(24)38-21)26(25(19-7-8-19)20-9-10-20)37-29(42)44-17-18-5-3-2-4-6-18/h2-6,11-12,16,19-20,23,25-26H,7-10,13-15,17H2,1H3,(H,36,40)(H,37,42)/t23?,26-,30?/m1/s1. The average Bonchev–Trinajstić information content (AvgIpc) is 3.95. The summed E-state index contributed by atoms with van der Waals surface area (Å²) in [5.74, 6) is -0.820. The van der Waals surface area contributed by atoms with E-state index >= 15 is 0 Å². The van der Waals surface area contributed by atoms with Crippen molar-refractivity contribution in [2.75, 3.05) is 7.11 Å². The molecular formula is C31H34F3N5O5. The van der Waals surface area contributed by atoms with E-state index in [4.69, 9.17) is 14.5 Å². The molecule has 0 radical (unpaired) electrons. The molecule has 3 fully saturated rings. The number of amides is 2. The lowest BCUT2D eigenvalue weighted by molar-refractivity contribution is -0.181. The largest absolute Gasteiger partial charge is 0.468 e. The normalized spacial score (nSPS) is 22.8. The van der Waals surface area contributed by atoms with Gasteiger partial charge in [0.25, 0.3) is 0 Å². The zero-order valence-electron chi connectivity index (χ0n) is 24.2. The van der Waals surface area contributed by atoms with Gasteiger partial charge in [0.2, 0.25) is 5.91 Å². The number of nitrogens with one attached hydrogen (secondary N) is 2. The first-order valence-electron chi connectivity index (χ1n) is 14.9.